The van der Waals surface area contributed by atoms with Crippen molar-refractivity contribution in [2.24, 2.45) is 0 Å². The van der Waals surface area contributed by atoms with Crippen molar-refractivity contribution >= 4 is 23.4 Å². The summed E-state index contributed by atoms with van der Waals surface area (Å²) in [6, 6.07) is 13.6. The molecule has 0 radical (unpaired) electrons. The summed E-state index contributed by atoms with van der Waals surface area (Å²) in [7, 11) is 0. The highest BCUT2D eigenvalue weighted by Gasteiger charge is 2.16. The third kappa shape index (κ3) is 3.31. The molecule has 0 fully saturated rings. The van der Waals surface area contributed by atoms with E-state index in [0.717, 1.165) is 5.56 Å². The average molecular weight is 335 g/mol. The van der Waals surface area contributed by atoms with Crippen LogP contribution >= 0.6 is 23.4 Å². The summed E-state index contributed by atoms with van der Waals surface area (Å²) in [5.41, 5.74) is 1.70. The minimum atomic E-state index is -0.301. The number of benzene rings is 2. The number of hydrogen-bond donors (Lipinski definition) is 0. The van der Waals surface area contributed by atoms with Crippen LogP contribution in [0.4, 0.5) is 4.39 Å². The Hall–Kier alpha value is -1.85. The first kappa shape index (κ1) is 15.1. The topological polar surface area (TPSA) is 38.9 Å². The molecule has 0 aliphatic carbocycles. The van der Waals surface area contributed by atoms with E-state index in [1.165, 1.54) is 23.9 Å². The van der Waals surface area contributed by atoms with Gasteiger partial charge in [0.2, 0.25) is 5.89 Å². The van der Waals surface area contributed by atoms with Crippen LogP contribution in [0.3, 0.4) is 0 Å². The molecule has 1 heterocycles. The van der Waals surface area contributed by atoms with Crippen LogP contribution in [0, 0.1) is 5.82 Å². The Morgan fingerprint density at radius 1 is 1.09 bits per heavy atom. The van der Waals surface area contributed by atoms with E-state index in [9.17, 15) is 4.39 Å². The molecule has 0 aliphatic heterocycles. The third-order valence-corrected chi connectivity index (χ3v) is 4.44. The number of hydrogen-bond acceptors (Lipinski definition) is 4. The van der Waals surface area contributed by atoms with Crippen LogP contribution in [0.2, 0.25) is 5.02 Å². The second-order valence-corrected chi connectivity index (χ2v) is 6.36. The number of aromatic nitrogens is 2. The maximum atomic E-state index is 12.9. The van der Waals surface area contributed by atoms with Gasteiger partial charge in [0.25, 0.3) is 5.22 Å². The molecule has 6 heteroatoms. The molecule has 0 bridgehead atoms. The molecule has 2 aromatic carbocycles. The van der Waals surface area contributed by atoms with E-state index in [1.54, 1.807) is 12.1 Å². The monoisotopic (exact) mass is 334 g/mol. The first-order valence-electron chi connectivity index (χ1n) is 6.64. The highest BCUT2D eigenvalue weighted by Crippen LogP contribution is 2.37. The average Bonchev–Trinajstić information content (AvgIpc) is 2.97. The van der Waals surface area contributed by atoms with Crippen LogP contribution in [0.15, 0.2) is 58.2 Å². The second-order valence-electron chi connectivity index (χ2n) is 4.66. The van der Waals surface area contributed by atoms with Gasteiger partial charge in [-0.1, -0.05) is 41.6 Å². The minimum absolute atomic E-state index is 0.0789. The highest BCUT2D eigenvalue weighted by atomic mass is 35.5. The Balaban J connectivity index is 1.77. The quantitative estimate of drug-likeness (QED) is 0.600. The van der Waals surface area contributed by atoms with Gasteiger partial charge < -0.3 is 4.42 Å². The van der Waals surface area contributed by atoms with Gasteiger partial charge in [-0.2, -0.15) is 0 Å². The normalized spacial score (nSPS) is 12.3. The van der Waals surface area contributed by atoms with Crippen LogP contribution in [0.5, 0.6) is 0 Å². The van der Waals surface area contributed by atoms with Gasteiger partial charge in [-0.25, -0.2) is 4.39 Å². The molecule has 0 unspecified atom stereocenters. The summed E-state index contributed by atoms with van der Waals surface area (Å²) in [6.07, 6.45) is 0. The van der Waals surface area contributed by atoms with Gasteiger partial charge >= 0.3 is 0 Å². The summed E-state index contributed by atoms with van der Waals surface area (Å²) in [4.78, 5) is 0. The minimum Gasteiger partial charge on any atom is -0.411 e. The van der Waals surface area contributed by atoms with Gasteiger partial charge in [0, 0.05) is 15.8 Å². The molecule has 22 heavy (non-hydrogen) atoms. The lowest BCUT2D eigenvalue weighted by Gasteiger charge is -2.10. The first-order chi connectivity index (χ1) is 10.6. The van der Waals surface area contributed by atoms with E-state index in [-0.39, 0.29) is 11.1 Å². The third-order valence-electron chi connectivity index (χ3n) is 3.12. The lowest BCUT2D eigenvalue weighted by Crippen LogP contribution is -1.89. The predicted molar refractivity (Wildman–Crippen MR) is 85.4 cm³/mol. The molecule has 3 nitrogen and oxygen atoms in total. The lowest BCUT2D eigenvalue weighted by atomic mass is 10.2. The van der Waals surface area contributed by atoms with E-state index in [2.05, 4.69) is 10.2 Å². The molecule has 1 atom stereocenters. The molecular formula is C16H12ClFN2OS. The number of halogens is 2. The van der Waals surface area contributed by atoms with E-state index in [4.69, 9.17) is 16.0 Å². The van der Waals surface area contributed by atoms with Gasteiger partial charge in [0.05, 0.1) is 0 Å². The fraction of sp³-hybridized carbons (Fsp3) is 0.125. The SMILES string of the molecule is C[C@H](Sc1nnc(-c2ccc(F)cc2)o1)c1ccccc1Cl. The molecule has 0 aliphatic rings. The van der Waals surface area contributed by atoms with Gasteiger partial charge in [-0.15, -0.1) is 10.2 Å². The summed E-state index contributed by atoms with van der Waals surface area (Å²) in [5, 5.41) is 9.25. The van der Waals surface area contributed by atoms with Gasteiger partial charge in [0.15, 0.2) is 0 Å². The molecule has 1 aromatic heterocycles. The summed E-state index contributed by atoms with van der Waals surface area (Å²) >= 11 is 7.62. The molecule has 0 saturated heterocycles. The first-order valence-corrected chi connectivity index (χ1v) is 7.90. The molecule has 0 saturated carbocycles. The van der Waals surface area contributed by atoms with Gasteiger partial charge in [-0.05, 0) is 42.8 Å². The molecule has 0 amide bonds. The van der Waals surface area contributed by atoms with Crippen molar-refractivity contribution in [3.8, 4) is 11.5 Å². The molecule has 3 rings (SSSR count). The van der Waals surface area contributed by atoms with Crippen molar-refractivity contribution in [2.75, 3.05) is 0 Å². The molecule has 112 valence electrons. The largest absolute Gasteiger partial charge is 0.411 e. The standard InChI is InChI=1S/C16H12ClFN2OS/c1-10(13-4-2-3-5-14(13)17)22-16-20-19-15(21-16)11-6-8-12(18)9-7-11/h2-10H,1H3/t10-/m0/s1. The fourth-order valence-corrected chi connectivity index (χ4v) is 3.20. The highest BCUT2D eigenvalue weighted by molar-refractivity contribution is 7.99. The molecule has 3 aromatic rings. The van der Waals surface area contributed by atoms with Crippen LogP contribution in [-0.2, 0) is 0 Å². The summed E-state index contributed by atoms with van der Waals surface area (Å²) in [6.45, 7) is 2.02. The number of rotatable bonds is 4. The van der Waals surface area contributed by atoms with Crippen molar-refractivity contribution in [3.63, 3.8) is 0 Å². The van der Waals surface area contributed by atoms with Crippen molar-refractivity contribution in [2.45, 2.75) is 17.4 Å². The van der Waals surface area contributed by atoms with E-state index < -0.39 is 0 Å². The van der Waals surface area contributed by atoms with Crippen LogP contribution in [0.1, 0.15) is 17.7 Å². The van der Waals surface area contributed by atoms with Crippen molar-refractivity contribution < 1.29 is 8.81 Å². The zero-order chi connectivity index (χ0) is 15.5. The fourth-order valence-electron chi connectivity index (χ4n) is 1.99. The predicted octanol–water partition coefficient (Wildman–Crippen LogP) is 5.38. The van der Waals surface area contributed by atoms with Crippen LogP contribution < -0.4 is 0 Å². The van der Waals surface area contributed by atoms with Crippen molar-refractivity contribution in [1.29, 1.82) is 0 Å². The van der Waals surface area contributed by atoms with Crippen molar-refractivity contribution in [1.82, 2.24) is 10.2 Å². The van der Waals surface area contributed by atoms with Crippen LogP contribution in [0.25, 0.3) is 11.5 Å². The molecule has 0 spiro atoms. The maximum absolute atomic E-state index is 12.9. The number of nitrogens with zero attached hydrogens (tertiary/aromatic N) is 2. The molecular weight excluding hydrogens is 323 g/mol. The Kier molecular flexibility index (Phi) is 4.45. The smallest absolute Gasteiger partial charge is 0.277 e. The molecule has 0 N–H and O–H groups in total. The summed E-state index contributed by atoms with van der Waals surface area (Å²) < 4.78 is 18.5. The Morgan fingerprint density at radius 2 is 1.82 bits per heavy atom. The van der Waals surface area contributed by atoms with Crippen LogP contribution in [-0.4, -0.2) is 10.2 Å². The lowest BCUT2D eigenvalue weighted by molar-refractivity contribution is 0.465. The number of thioether (sulfide) groups is 1. The Bertz CT molecular complexity index is 776. The maximum Gasteiger partial charge on any atom is 0.277 e. The zero-order valence-electron chi connectivity index (χ0n) is 11.7. The van der Waals surface area contributed by atoms with E-state index in [1.807, 2.05) is 31.2 Å². The van der Waals surface area contributed by atoms with E-state index >= 15 is 0 Å². The second kappa shape index (κ2) is 6.50. The van der Waals surface area contributed by atoms with Crippen molar-refractivity contribution in [3.05, 3.63) is 64.9 Å². The zero-order valence-corrected chi connectivity index (χ0v) is 13.2. The Morgan fingerprint density at radius 3 is 2.55 bits per heavy atom. The van der Waals surface area contributed by atoms with Gasteiger partial charge in [-0.3, -0.25) is 0 Å². The van der Waals surface area contributed by atoms with Gasteiger partial charge in [0.1, 0.15) is 5.82 Å². The Labute approximate surface area is 136 Å². The summed E-state index contributed by atoms with van der Waals surface area (Å²) in [5.74, 6) is 0.0686. The van der Waals surface area contributed by atoms with E-state index in [0.29, 0.717) is 21.7 Å².